The second-order valence-corrected chi connectivity index (χ2v) is 3.02. The number of primary amides is 1. The molecule has 2 aromatic rings. The third-order valence-corrected chi connectivity index (χ3v) is 1.97. The van der Waals surface area contributed by atoms with E-state index in [9.17, 15) is 9.90 Å². The van der Waals surface area contributed by atoms with Crippen molar-refractivity contribution in [3.63, 3.8) is 0 Å². The number of hydrogen-bond donors (Lipinski definition) is 2. The molecule has 0 unspecified atom stereocenters. The minimum absolute atomic E-state index is 0.350. The Hall–Kier alpha value is -2.23. The minimum Gasteiger partial charge on any atom is -0.507 e. The van der Waals surface area contributed by atoms with Crippen LogP contribution >= 0.6 is 0 Å². The lowest BCUT2D eigenvalue weighted by Gasteiger charge is -1.97. The summed E-state index contributed by atoms with van der Waals surface area (Å²) in [6.45, 7) is 0. The van der Waals surface area contributed by atoms with Gasteiger partial charge in [0.25, 0.3) is 0 Å². The average Bonchev–Trinajstić information content (AvgIpc) is 2.30. The highest BCUT2D eigenvalue weighted by molar-refractivity contribution is 5.87. The molecule has 0 aliphatic carbocycles. The molecule has 1 amide bonds. The summed E-state index contributed by atoms with van der Waals surface area (Å²) in [6, 6.07) is 13.3. The van der Waals surface area contributed by atoms with E-state index in [1.165, 1.54) is 7.11 Å². The molecule has 0 aromatic heterocycles. The number of nitrogens with two attached hydrogens (primary N) is 1. The average molecular weight is 219 g/mol. The van der Waals surface area contributed by atoms with E-state index in [0.717, 1.165) is 10.8 Å². The van der Waals surface area contributed by atoms with Gasteiger partial charge in [0.15, 0.2) is 0 Å². The van der Waals surface area contributed by atoms with E-state index < -0.39 is 6.09 Å². The molecule has 84 valence electrons. The van der Waals surface area contributed by atoms with Gasteiger partial charge in [-0.3, -0.25) is 0 Å². The zero-order valence-corrected chi connectivity index (χ0v) is 8.88. The van der Waals surface area contributed by atoms with Gasteiger partial charge >= 0.3 is 6.09 Å². The maximum atomic E-state index is 9.37. The van der Waals surface area contributed by atoms with E-state index in [2.05, 4.69) is 10.5 Å². The van der Waals surface area contributed by atoms with Crippen molar-refractivity contribution in [1.29, 1.82) is 0 Å². The molecular weight excluding hydrogens is 206 g/mol. The number of phenols is 1. The molecule has 0 atom stereocenters. The standard InChI is InChI=1S/C10H8O.C2H5NO2/c11-10-7-3-5-8-4-1-2-6-9(8)10;1-5-2(3)4/h1-7,11H;1H3,(H2,3,4). The van der Waals surface area contributed by atoms with Crippen LogP contribution in [0.4, 0.5) is 4.79 Å². The van der Waals surface area contributed by atoms with Crippen LogP contribution in [0.2, 0.25) is 0 Å². The van der Waals surface area contributed by atoms with Crippen molar-refractivity contribution in [2.24, 2.45) is 5.73 Å². The Morgan fingerprint density at radius 2 is 1.75 bits per heavy atom. The molecule has 0 aliphatic rings. The summed E-state index contributed by atoms with van der Waals surface area (Å²) in [6.07, 6.45) is -0.745. The highest BCUT2D eigenvalue weighted by atomic mass is 16.5. The van der Waals surface area contributed by atoms with Crippen LogP contribution in [0.15, 0.2) is 42.5 Å². The fourth-order valence-corrected chi connectivity index (χ4v) is 1.21. The number of benzene rings is 2. The van der Waals surface area contributed by atoms with E-state index in [-0.39, 0.29) is 0 Å². The third-order valence-electron chi connectivity index (χ3n) is 1.97. The number of fused-ring (bicyclic) bond motifs is 1. The van der Waals surface area contributed by atoms with Gasteiger partial charge < -0.3 is 15.6 Å². The smallest absolute Gasteiger partial charge is 0.404 e. The number of carbonyl (C=O) groups is 1. The molecule has 0 aliphatic heterocycles. The van der Waals surface area contributed by atoms with E-state index in [1.807, 2.05) is 36.4 Å². The van der Waals surface area contributed by atoms with E-state index in [4.69, 9.17) is 0 Å². The monoisotopic (exact) mass is 219 g/mol. The maximum absolute atomic E-state index is 9.37. The molecule has 2 rings (SSSR count). The molecule has 2 aromatic carbocycles. The van der Waals surface area contributed by atoms with Gasteiger partial charge in [0.05, 0.1) is 7.11 Å². The molecule has 16 heavy (non-hydrogen) atoms. The quantitative estimate of drug-likeness (QED) is 0.713. The van der Waals surface area contributed by atoms with Crippen LogP contribution < -0.4 is 5.73 Å². The molecule has 0 fully saturated rings. The van der Waals surface area contributed by atoms with E-state index in [1.54, 1.807) is 6.07 Å². The molecule has 0 radical (unpaired) electrons. The van der Waals surface area contributed by atoms with Gasteiger partial charge in [-0.1, -0.05) is 36.4 Å². The highest BCUT2D eigenvalue weighted by Crippen LogP contribution is 2.22. The summed E-state index contributed by atoms with van der Waals surface area (Å²) >= 11 is 0. The first kappa shape index (κ1) is 11.8. The Kier molecular flexibility index (Phi) is 4.15. The molecule has 0 saturated carbocycles. The van der Waals surface area contributed by atoms with Crippen molar-refractivity contribution < 1.29 is 14.6 Å². The molecule has 4 nitrogen and oxygen atoms in total. The van der Waals surface area contributed by atoms with Gasteiger partial charge in [0, 0.05) is 5.39 Å². The summed E-state index contributed by atoms with van der Waals surface area (Å²) < 4.78 is 3.89. The fraction of sp³-hybridized carbons (Fsp3) is 0.0833. The zero-order valence-electron chi connectivity index (χ0n) is 8.88. The first-order valence-electron chi connectivity index (χ1n) is 4.65. The Balaban J connectivity index is 0.000000221. The SMILES string of the molecule is COC(N)=O.Oc1cccc2ccccc12. The molecular formula is C12H13NO3. The second kappa shape index (κ2) is 5.60. The molecule has 3 N–H and O–H groups in total. The topological polar surface area (TPSA) is 72.5 Å². The molecule has 4 heteroatoms. The van der Waals surface area contributed by atoms with Crippen LogP contribution in [-0.4, -0.2) is 18.3 Å². The van der Waals surface area contributed by atoms with Gasteiger partial charge in [-0.15, -0.1) is 0 Å². The predicted octanol–water partition coefficient (Wildman–Crippen LogP) is 2.26. The van der Waals surface area contributed by atoms with Crippen LogP contribution in [0.3, 0.4) is 0 Å². The van der Waals surface area contributed by atoms with Crippen molar-refractivity contribution in [2.75, 3.05) is 7.11 Å². The van der Waals surface area contributed by atoms with E-state index >= 15 is 0 Å². The Morgan fingerprint density at radius 3 is 2.31 bits per heavy atom. The largest absolute Gasteiger partial charge is 0.507 e. The summed E-state index contributed by atoms with van der Waals surface area (Å²) in [5.74, 6) is 0.350. The number of carbonyl (C=O) groups excluding carboxylic acids is 1. The fourth-order valence-electron chi connectivity index (χ4n) is 1.21. The summed E-state index contributed by atoms with van der Waals surface area (Å²) in [7, 11) is 1.22. The number of aromatic hydroxyl groups is 1. The first-order valence-corrected chi connectivity index (χ1v) is 4.65. The van der Waals surface area contributed by atoms with Gasteiger partial charge in [0.1, 0.15) is 5.75 Å². The van der Waals surface area contributed by atoms with Gasteiger partial charge in [0.2, 0.25) is 0 Å². The van der Waals surface area contributed by atoms with Crippen molar-refractivity contribution in [1.82, 2.24) is 0 Å². The molecule has 0 heterocycles. The Bertz CT molecular complexity index is 477. The number of hydrogen-bond acceptors (Lipinski definition) is 3. The van der Waals surface area contributed by atoms with Crippen LogP contribution in [-0.2, 0) is 4.74 Å². The van der Waals surface area contributed by atoms with Crippen LogP contribution in [0, 0.1) is 0 Å². The van der Waals surface area contributed by atoms with Crippen LogP contribution in [0.5, 0.6) is 5.75 Å². The minimum atomic E-state index is -0.745. The Morgan fingerprint density at radius 1 is 1.19 bits per heavy atom. The van der Waals surface area contributed by atoms with Gasteiger partial charge in [-0.25, -0.2) is 4.79 Å². The lowest BCUT2D eigenvalue weighted by Crippen LogP contribution is -2.08. The second-order valence-electron chi connectivity index (χ2n) is 3.02. The molecule has 0 bridgehead atoms. The lowest BCUT2D eigenvalue weighted by molar-refractivity contribution is 0.182. The molecule has 0 saturated heterocycles. The van der Waals surface area contributed by atoms with Crippen molar-refractivity contribution in [3.05, 3.63) is 42.5 Å². The van der Waals surface area contributed by atoms with Crippen molar-refractivity contribution >= 4 is 16.9 Å². The van der Waals surface area contributed by atoms with E-state index in [0.29, 0.717) is 5.75 Å². The van der Waals surface area contributed by atoms with Gasteiger partial charge in [-0.2, -0.15) is 0 Å². The normalized spacial score (nSPS) is 9.06. The van der Waals surface area contributed by atoms with Crippen LogP contribution in [0.1, 0.15) is 0 Å². The lowest BCUT2D eigenvalue weighted by atomic mass is 10.1. The molecule has 0 spiro atoms. The number of amides is 1. The number of ether oxygens (including phenoxy) is 1. The summed E-state index contributed by atoms with van der Waals surface area (Å²) in [4.78, 5) is 9.37. The van der Waals surface area contributed by atoms with Crippen LogP contribution in [0.25, 0.3) is 10.8 Å². The summed E-state index contributed by atoms with van der Waals surface area (Å²) in [5.41, 5.74) is 4.43. The predicted molar refractivity (Wildman–Crippen MR) is 62.2 cm³/mol. The zero-order chi connectivity index (χ0) is 12.0. The number of phenolic OH excluding ortho intramolecular Hbond substituents is 1. The first-order chi connectivity index (χ1) is 7.65. The summed E-state index contributed by atoms with van der Waals surface area (Å²) in [5, 5.41) is 11.4. The number of rotatable bonds is 0. The van der Waals surface area contributed by atoms with Gasteiger partial charge in [-0.05, 0) is 11.5 Å². The third kappa shape index (κ3) is 3.16. The number of methoxy groups -OCH3 is 1. The Labute approximate surface area is 93.3 Å². The van der Waals surface area contributed by atoms with Crippen molar-refractivity contribution in [3.8, 4) is 5.75 Å². The maximum Gasteiger partial charge on any atom is 0.404 e. The highest BCUT2D eigenvalue weighted by Gasteiger charge is 1.94. The van der Waals surface area contributed by atoms with Crippen molar-refractivity contribution in [2.45, 2.75) is 0 Å².